The van der Waals surface area contributed by atoms with E-state index in [1.165, 1.54) is 0 Å². The molecule has 0 aromatic heterocycles. The summed E-state index contributed by atoms with van der Waals surface area (Å²) in [6.45, 7) is 0.532. The average molecular weight is 526 g/mol. The van der Waals surface area contributed by atoms with Gasteiger partial charge < -0.3 is 44.7 Å². The van der Waals surface area contributed by atoms with Crippen molar-refractivity contribution in [2.24, 2.45) is 5.92 Å². The molecule has 173 valence electrons. The van der Waals surface area contributed by atoms with Crippen LogP contribution in [0.1, 0.15) is 32.1 Å². The molecule has 8 atom stereocenters. The van der Waals surface area contributed by atoms with E-state index in [1.54, 1.807) is 14.2 Å². The summed E-state index contributed by atoms with van der Waals surface area (Å²) >= 11 is 5.43. The second-order valence-corrected chi connectivity index (χ2v) is 8.22. The van der Waals surface area contributed by atoms with Crippen LogP contribution in [0.15, 0.2) is 0 Å². The molecule has 0 amide bonds. The second-order valence-electron chi connectivity index (χ2n) is 7.72. The van der Waals surface area contributed by atoms with Crippen LogP contribution >= 0.6 is 12.2 Å². The number of thiocarbonyl (C=S) groups is 1. The number of rotatable bonds is 11. The summed E-state index contributed by atoms with van der Waals surface area (Å²) < 4.78 is 21.6. The third-order valence-electron chi connectivity index (χ3n) is 5.59. The molecule has 0 bridgehead atoms. The number of aliphatic hydroxyl groups excluding tert-OH is 4. The zero-order chi connectivity index (χ0) is 21.4. The summed E-state index contributed by atoms with van der Waals surface area (Å²) in [5, 5.41) is 42.3. The Bertz CT molecular complexity index is 505. The fraction of sp³-hybridized carbons (Fsp3) is 0.947. The molecule has 0 aromatic carbocycles. The molecule has 0 spiro atoms. The summed E-state index contributed by atoms with van der Waals surface area (Å²) in [7, 11) is 3.20. The predicted molar refractivity (Wildman–Crippen MR) is 108 cm³/mol. The molecule has 2 fully saturated rings. The van der Waals surface area contributed by atoms with E-state index < -0.39 is 30.7 Å². The molecular weight excluding hydrogens is 491 g/mol. The van der Waals surface area contributed by atoms with E-state index in [9.17, 15) is 20.4 Å². The quantitative estimate of drug-likeness (QED) is 0.175. The fourth-order valence-electron chi connectivity index (χ4n) is 3.99. The zero-order valence-corrected chi connectivity index (χ0v) is 21.3. The van der Waals surface area contributed by atoms with Gasteiger partial charge in [0.25, 0.3) is 0 Å². The number of nitrogens with one attached hydrogen (secondary N) is 1. The molecular formula is C19H35NO8SY. The van der Waals surface area contributed by atoms with Gasteiger partial charge in [0.2, 0.25) is 0 Å². The van der Waals surface area contributed by atoms with Gasteiger partial charge >= 0.3 is 0 Å². The van der Waals surface area contributed by atoms with Crippen molar-refractivity contribution < 1.29 is 72.1 Å². The van der Waals surface area contributed by atoms with E-state index >= 15 is 0 Å². The van der Waals surface area contributed by atoms with Crippen molar-refractivity contribution >= 4 is 17.2 Å². The van der Waals surface area contributed by atoms with Crippen LogP contribution in [0, 0.1) is 5.92 Å². The van der Waals surface area contributed by atoms with Gasteiger partial charge in [-0.05, 0) is 25.7 Å². The number of ether oxygens (including phenoxy) is 4. The molecule has 1 saturated heterocycles. The van der Waals surface area contributed by atoms with Gasteiger partial charge in [-0.15, -0.1) is 0 Å². The molecule has 2 rings (SSSR count). The van der Waals surface area contributed by atoms with Crippen molar-refractivity contribution in [1.82, 2.24) is 5.32 Å². The molecule has 30 heavy (non-hydrogen) atoms. The van der Waals surface area contributed by atoms with E-state index in [4.69, 9.17) is 31.2 Å². The molecule has 1 aliphatic carbocycles. The first-order chi connectivity index (χ1) is 13.9. The molecule has 9 nitrogen and oxygen atoms in total. The Balaban J connectivity index is 0.00000450. The van der Waals surface area contributed by atoms with Crippen LogP contribution in [-0.2, 0) is 51.7 Å². The maximum absolute atomic E-state index is 10.3. The van der Waals surface area contributed by atoms with Gasteiger partial charge in [-0.2, -0.15) is 0 Å². The van der Waals surface area contributed by atoms with Crippen molar-refractivity contribution in [1.29, 1.82) is 0 Å². The van der Waals surface area contributed by atoms with Gasteiger partial charge in [0.1, 0.15) is 18.3 Å². The van der Waals surface area contributed by atoms with Crippen LogP contribution in [0.2, 0.25) is 0 Å². The monoisotopic (exact) mass is 526 g/mol. The minimum absolute atomic E-state index is 0. The predicted octanol–water partition coefficient (Wildman–Crippen LogP) is -0.672. The maximum Gasteiger partial charge on any atom is 0.160 e. The molecule has 7 unspecified atom stereocenters. The van der Waals surface area contributed by atoms with Crippen LogP contribution in [0.3, 0.4) is 0 Å². The van der Waals surface area contributed by atoms with Gasteiger partial charge in [0, 0.05) is 65.9 Å². The van der Waals surface area contributed by atoms with Crippen molar-refractivity contribution in [2.45, 2.75) is 75.0 Å². The van der Waals surface area contributed by atoms with E-state index in [2.05, 4.69) is 5.32 Å². The first-order valence-electron chi connectivity index (χ1n) is 10.1. The molecule has 0 aromatic rings. The normalized spacial score (nSPS) is 36.3. The Labute approximate surface area is 208 Å². The van der Waals surface area contributed by atoms with Gasteiger partial charge in [-0.1, -0.05) is 12.2 Å². The first kappa shape index (κ1) is 28.7. The van der Waals surface area contributed by atoms with Crippen molar-refractivity contribution in [3.8, 4) is 0 Å². The van der Waals surface area contributed by atoms with Crippen molar-refractivity contribution in [2.75, 3.05) is 34.0 Å². The maximum atomic E-state index is 10.3. The molecule has 2 aliphatic rings. The molecule has 5 N–H and O–H groups in total. The van der Waals surface area contributed by atoms with Gasteiger partial charge in [-0.25, -0.2) is 0 Å². The molecule has 1 aliphatic heterocycles. The fourth-order valence-corrected chi connectivity index (χ4v) is 4.28. The molecule has 1 saturated carbocycles. The standard InChI is InChI=1S/C19H35NO8S.Y/c1-25-10-11-7-12(19(26-2)17(11)23)20-15(29)5-3-4-6-27-16-8-13(22)18(24)14(9-21)28-16;/h11-14,16-19,21-24H,3-10H2,1-2H3,(H,20,29);/t11?,12-,13?,14?,16?,17?,18?,19?;/m0./s1. The molecule has 1 radical (unpaired) electrons. The van der Waals surface area contributed by atoms with Crippen molar-refractivity contribution in [3.05, 3.63) is 0 Å². The summed E-state index contributed by atoms with van der Waals surface area (Å²) in [6.07, 6.45) is -1.31. The van der Waals surface area contributed by atoms with Crippen molar-refractivity contribution in [3.63, 3.8) is 0 Å². The number of aliphatic hydroxyl groups is 4. The third kappa shape index (κ3) is 8.22. The summed E-state index contributed by atoms with van der Waals surface area (Å²) in [5.41, 5.74) is 0. The Kier molecular flexibility index (Phi) is 14.1. The topological polar surface area (TPSA) is 130 Å². The number of hydrogen-bond donors (Lipinski definition) is 5. The van der Waals surface area contributed by atoms with Crippen LogP contribution < -0.4 is 5.32 Å². The average Bonchev–Trinajstić information content (AvgIpc) is 2.98. The smallest absolute Gasteiger partial charge is 0.160 e. The largest absolute Gasteiger partial charge is 0.394 e. The number of methoxy groups -OCH3 is 2. The Hall–Kier alpha value is 0.674. The Morgan fingerprint density at radius 2 is 1.87 bits per heavy atom. The van der Waals surface area contributed by atoms with E-state index in [0.717, 1.165) is 24.3 Å². The van der Waals surface area contributed by atoms with E-state index in [0.29, 0.717) is 19.6 Å². The van der Waals surface area contributed by atoms with E-state index in [1.807, 2.05) is 0 Å². The number of unbranched alkanes of at least 4 members (excludes halogenated alkanes) is 1. The minimum atomic E-state index is -1.10. The van der Waals surface area contributed by atoms with Crippen LogP contribution in [0.5, 0.6) is 0 Å². The third-order valence-corrected chi connectivity index (χ3v) is 5.91. The Morgan fingerprint density at radius 3 is 2.50 bits per heavy atom. The zero-order valence-electron chi connectivity index (χ0n) is 17.7. The van der Waals surface area contributed by atoms with E-state index in [-0.39, 0.29) is 63.8 Å². The minimum Gasteiger partial charge on any atom is -0.394 e. The van der Waals surface area contributed by atoms with Gasteiger partial charge in [0.15, 0.2) is 6.29 Å². The summed E-state index contributed by atoms with van der Waals surface area (Å²) in [4.78, 5) is 0.718. The summed E-state index contributed by atoms with van der Waals surface area (Å²) in [5.74, 6) is 0.0192. The number of hydrogen-bond acceptors (Lipinski definition) is 9. The molecule has 11 heteroatoms. The molecule has 1 heterocycles. The first-order valence-corrected chi connectivity index (χ1v) is 10.5. The summed E-state index contributed by atoms with van der Waals surface area (Å²) in [6, 6.07) is -0.0436. The second kappa shape index (κ2) is 14.7. The van der Waals surface area contributed by atoms with Gasteiger partial charge in [0.05, 0.1) is 36.5 Å². The van der Waals surface area contributed by atoms with Gasteiger partial charge in [-0.3, -0.25) is 0 Å². The SMILES string of the molecule is COCC1C[C@H](NC(=S)CCCCOC2CC(O)C(O)C(CO)O2)C(OC)C1O.[Y]. The van der Waals surface area contributed by atoms with Crippen LogP contribution in [-0.4, -0.2) is 102 Å². The Morgan fingerprint density at radius 1 is 1.13 bits per heavy atom. The van der Waals surface area contributed by atoms with Crippen LogP contribution in [0.25, 0.3) is 0 Å². The van der Waals surface area contributed by atoms with Crippen LogP contribution in [0.4, 0.5) is 0 Å².